The largest absolute Gasteiger partial charge is 0.398 e. The fraction of sp³-hybridized carbons (Fsp3) is 0.308. The Kier molecular flexibility index (Phi) is 2.90. The summed E-state index contributed by atoms with van der Waals surface area (Å²) in [6.45, 7) is 3.65. The summed E-state index contributed by atoms with van der Waals surface area (Å²) in [7, 11) is 0. The Balaban J connectivity index is 2.78. The van der Waals surface area contributed by atoms with E-state index >= 15 is 0 Å². The number of hydrogen-bond donors (Lipinski definition) is 2. The van der Waals surface area contributed by atoms with E-state index in [-0.39, 0.29) is 18.2 Å². The zero-order valence-electron chi connectivity index (χ0n) is 9.97. The average molecular weight is 232 g/mol. The monoisotopic (exact) mass is 232 g/mol. The fourth-order valence-corrected chi connectivity index (χ4v) is 1.91. The van der Waals surface area contributed by atoms with Gasteiger partial charge in [-0.2, -0.15) is 0 Å². The highest BCUT2D eigenvalue weighted by atomic mass is 16.3. The van der Waals surface area contributed by atoms with Crippen molar-refractivity contribution in [2.75, 3.05) is 12.3 Å². The molecule has 0 saturated carbocycles. The topological polar surface area (TPSA) is 68.2 Å². The molecular weight excluding hydrogens is 216 g/mol. The van der Waals surface area contributed by atoms with Crippen molar-refractivity contribution >= 4 is 16.5 Å². The summed E-state index contributed by atoms with van der Waals surface area (Å²) in [4.78, 5) is 12.2. The summed E-state index contributed by atoms with van der Waals surface area (Å²) in [5, 5.41) is 10.5. The van der Waals surface area contributed by atoms with Crippen LogP contribution in [0.2, 0.25) is 0 Å². The molecule has 4 nitrogen and oxygen atoms in total. The minimum Gasteiger partial charge on any atom is -0.398 e. The first-order valence-electron chi connectivity index (χ1n) is 5.57. The summed E-state index contributed by atoms with van der Waals surface area (Å²) in [5.74, 6) is 0. The molecule has 1 aromatic heterocycles. The summed E-state index contributed by atoms with van der Waals surface area (Å²) < 4.78 is 1.52. The summed E-state index contributed by atoms with van der Waals surface area (Å²) in [6, 6.07) is 5.22. The molecule has 3 N–H and O–H groups in total. The van der Waals surface area contributed by atoms with Crippen molar-refractivity contribution in [1.82, 2.24) is 4.57 Å². The minimum absolute atomic E-state index is 0.0627. The van der Waals surface area contributed by atoms with Gasteiger partial charge in [0, 0.05) is 22.7 Å². The van der Waals surface area contributed by atoms with Crippen LogP contribution in [0.1, 0.15) is 18.5 Å². The van der Waals surface area contributed by atoms with Crippen LogP contribution in [0.3, 0.4) is 0 Å². The van der Waals surface area contributed by atoms with Crippen molar-refractivity contribution < 1.29 is 5.11 Å². The number of benzene rings is 1. The number of pyridine rings is 1. The maximum absolute atomic E-state index is 12.2. The molecule has 4 heteroatoms. The van der Waals surface area contributed by atoms with Crippen molar-refractivity contribution in [1.29, 1.82) is 0 Å². The van der Waals surface area contributed by atoms with E-state index < -0.39 is 0 Å². The Hall–Kier alpha value is -1.81. The Labute approximate surface area is 99.3 Å². The van der Waals surface area contributed by atoms with E-state index in [4.69, 9.17) is 10.8 Å². The van der Waals surface area contributed by atoms with Crippen LogP contribution in [0.4, 0.5) is 5.69 Å². The van der Waals surface area contributed by atoms with Crippen molar-refractivity contribution in [3.05, 3.63) is 40.3 Å². The van der Waals surface area contributed by atoms with Crippen LogP contribution in [0.5, 0.6) is 0 Å². The molecule has 90 valence electrons. The Morgan fingerprint density at radius 2 is 2.06 bits per heavy atom. The van der Waals surface area contributed by atoms with Crippen LogP contribution >= 0.6 is 0 Å². The van der Waals surface area contributed by atoms with Gasteiger partial charge in [0.2, 0.25) is 0 Å². The second-order valence-corrected chi connectivity index (χ2v) is 4.32. The fourth-order valence-electron chi connectivity index (χ4n) is 1.91. The quantitative estimate of drug-likeness (QED) is 0.770. The molecule has 0 aliphatic carbocycles. The van der Waals surface area contributed by atoms with Crippen LogP contribution < -0.4 is 11.3 Å². The van der Waals surface area contributed by atoms with E-state index in [0.717, 1.165) is 10.9 Å². The Bertz CT molecular complexity index is 617. The number of aliphatic hydroxyl groups is 1. The highest BCUT2D eigenvalue weighted by Crippen LogP contribution is 2.22. The van der Waals surface area contributed by atoms with Crippen molar-refractivity contribution in [2.24, 2.45) is 0 Å². The number of nitrogens with zero attached hydrogens (tertiary/aromatic N) is 1. The maximum Gasteiger partial charge on any atom is 0.258 e. The van der Waals surface area contributed by atoms with Gasteiger partial charge in [-0.15, -0.1) is 0 Å². The molecule has 0 radical (unpaired) electrons. The van der Waals surface area contributed by atoms with Gasteiger partial charge in [0.25, 0.3) is 5.56 Å². The van der Waals surface area contributed by atoms with Gasteiger partial charge in [-0.05, 0) is 31.5 Å². The molecule has 0 saturated heterocycles. The average Bonchev–Trinajstić information content (AvgIpc) is 2.33. The predicted molar refractivity (Wildman–Crippen MR) is 69.2 cm³/mol. The summed E-state index contributed by atoms with van der Waals surface area (Å²) in [6.07, 6.45) is 1.68. The summed E-state index contributed by atoms with van der Waals surface area (Å²) in [5.41, 5.74) is 7.44. The van der Waals surface area contributed by atoms with Crippen molar-refractivity contribution in [3.63, 3.8) is 0 Å². The Morgan fingerprint density at radius 3 is 2.71 bits per heavy atom. The van der Waals surface area contributed by atoms with E-state index in [2.05, 4.69) is 0 Å². The third-order valence-corrected chi connectivity index (χ3v) is 3.11. The molecule has 0 unspecified atom stereocenters. The lowest BCUT2D eigenvalue weighted by Crippen LogP contribution is -2.24. The normalized spacial score (nSPS) is 12.9. The third-order valence-electron chi connectivity index (χ3n) is 3.11. The maximum atomic E-state index is 12.2. The number of anilines is 1. The zero-order valence-corrected chi connectivity index (χ0v) is 9.97. The zero-order chi connectivity index (χ0) is 12.6. The van der Waals surface area contributed by atoms with Crippen LogP contribution in [0, 0.1) is 6.92 Å². The van der Waals surface area contributed by atoms with Gasteiger partial charge in [-0.25, -0.2) is 0 Å². The molecule has 0 amide bonds. The number of nitrogens with two attached hydrogens (primary N) is 1. The van der Waals surface area contributed by atoms with E-state index in [1.54, 1.807) is 19.2 Å². The van der Waals surface area contributed by atoms with Crippen LogP contribution in [-0.4, -0.2) is 16.3 Å². The third kappa shape index (κ3) is 1.80. The number of aromatic nitrogens is 1. The first-order valence-corrected chi connectivity index (χ1v) is 5.57. The number of rotatable bonds is 2. The van der Waals surface area contributed by atoms with Gasteiger partial charge < -0.3 is 15.4 Å². The standard InChI is InChI=1S/C13H16N2O2/c1-8-3-4-11-10(12(8)14)5-6-15(13(11)17)9(2)7-16/h3-6,9,16H,7,14H2,1-2H3/t9-/m1/s1. The van der Waals surface area contributed by atoms with Crippen LogP contribution in [0.25, 0.3) is 10.8 Å². The van der Waals surface area contributed by atoms with Gasteiger partial charge in [0.1, 0.15) is 0 Å². The molecule has 0 fully saturated rings. The van der Waals surface area contributed by atoms with Crippen molar-refractivity contribution in [3.8, 4) is 0 Å². The number of nitrogen functional groups attached to an aromatic ring is 1. The molecular formula is C13H16N2O2. The van der Waals surface area contributed by atoms with Gasteiger partial charge in [0.05, 0.1) is 12.6 Å². The Morgan fingerprint density at radius 1 is 1.35 bits per heavy atom. The lowest BCUT2D eigenvalue weighted by molar-refractivity contribution is 0.236. The SMILES string of the molecule is Cc1ccc2c(=O)n([C@H](C)CO)ccc2c1N. The number of fused-ring (bicyclic) bond motifs is 1. The molecule has 1 atom stereocenters. The molecule has 2 aromatic rings. The molecule has 17 heavy (non-hydrogen) atoms. The smallest absolute Gasteiger partial charge is 0.258 e. The van der Waals surface area contributed by atoms with E-state index in [1.807, 2.05) is 19.1 Å². The highest BCUT2D eigenvalue weighted by molar-refractivity contribution is 5.93. The molecule has 0 spiro atoms. The van der Waals surface area contributed by atoms with E-state index in [1.165, 1.54) is 4.57 Å². The van der Waals surface area contributed by atoms with Gasteiger partial charge in [-0.1, -0.05) is 6.07 Å². The highest BCUT2D eigenvalue weighted by Gasteiger charge is 2.10. The molecule has 0 aliphatic heterocycles. The molecule has 1 heterocycles. The van der Waals surface area contributed by atoms with E-state index in [0.29, 0.717) is 11.1 Å². The molecule has 2 rings (SSSR count). The van der Waals surface area contributed by atoms with Crippen molar-refractivity contribution in [2.45, 2.75) is 19.9 Å². The number of aliphatic hydroxyl groups excluding tert-OH is 1. The number of hydrogen-bond acceptors (Lipinski definition) is 3. The van der Waals surface area contributed by atoms with Crippen LogP contribution in [0.15, 0.2) is 29.2 Å². The second-order valence-electron chi connectivity index (χ2n) is 4.32. The first-order chi connectivity index (χ1) is 8.06. The minimum atomic E-state index is -0.227. The molecule has 0 bridgehead atoms. The first kappa shape index (κ1) is 11.7. The van der Waals surface area contributed by atoms with Gasteiger partial charge in [-0.3, -0.25) is 4.79 Å². The van der Waals surface area contributed by atoms with E-state index in [9.17, 15) is 4.79 Å². The lowest BCUT2D eigenvalue weighted by atomic mass is 10.1. The molecule has 1 aromatic carbocycles. The van der Waals surface area contributed by atoms with Crippen LogP contribution in [-0.2, 0) is 0 Å². The second kappa shape index (κ2) is 4.22. The lowest BCUT2D eigenvalue weighted by Gasteiger charge is -2.14. The van der Waals surface area contributed by atoms with Gasteiger partial charge >= 0.3 is 0 Å². The summed E-state index contributed by atoms with van der Waals surface area (Å²) >= 11 is 0. The predicted octanol–water partition coefficient (Wildman–Crippen LogP) is 1.45. The number of aryl methyl sites for hydroxylation is 1. The molecule has 0 aliphatic rings. The van der Waals surface area contributed by atoms with Gasteiger partial charge in [0.15, 0.2) is 0 Å².